The topological polar surface area (TPSA) is 60.4 Å². The lowest BCUT2D eigenvalue weighted by atomic mass is 10.3. The van der Waals surface area contributed by atoms with Gasteiger partial charge in [-0.3, -0.25) is 0 Å². The first kappa shape index (κ1) is 15.8. The smallest absolute Gasteiger partial charge is 0.104 e. The van der Waals surface area contributed by atoms with Crippen LogP contribution in [0.15, 0.2) is 0 Å². The summed E-state index contributed by atoms with van der Waals surface area (Å²) < 4.78 is 0.925. The van der Waals surface area contributed by atoms with Gasteiger partial charge in [-0.1, -0.05) is 6.92 Å². The average molecular weight is 205 g/mol. The van der Waals surface area contributed by atoms with Crippen molar-refractivity contribution in [2.45, 2.75) is 33.3 Å². The second kappa shape index (κ2) is 7.76. The Labute approximate surface area is 86.7 Å². The second-order valence-electron chi connectivity index (χ2n) is 4.18. The van der Waals surface area contributed by atoms with E-state index in [-0.39, 0.29) is 6.10 Å². The van der Waals surface area contributed by atoms with E-state index >= 15 is 0 Å². The molecule has 0 bridgehead atoms. The van der Waals surface area contributed by atoms with Gasteiger partial charge in [0.1, 0.15) is 12.6 Å². The van der Waals surface area contributed by atoms with Gasteiger partial charge in [0.2, 0.25) is 0 Å². The number of aliphatic hydroxyl groups is 1. The Morgan fingerprint density at radius 3 is 2.07 bits per heavy atom. The van der Waals surface area contributed by atoms with Crippen LogP contribution in [0.25, 0.3) is 0 Å². The molecule has 1 atom stereocenters. The Morgan fingerprint density at radius 1 is 1.50 bits per heavy atom. The largest absolute Gasteiger partial charge is 0.550 e. The molecule has 0 saturated heterocycles. The fourth-order valence-corrected chi connectivity index (χ4v) is 1.41. The number of carboxylic acids is 1. The zero-order valence-corrected chi connectivity index (χ0v) is 9.91. The summed E-state index contributed by atoms with van der Waals surface area (Å²) in [5.74, 6) is -1.08. The number of aliphatic hydroxyl groups excluding tert-OH is 1. The highest BCUT2D eigenvalue weighted by molar-refractivity contribution is 5.60. The minimum absolute atomic E-state index is 0.179. The van der Waals surface area contributed by atoms with Crippen molar-refractivity contribution in [1.82, 2.24) is 0 Å². The maximum Gasteiger partial charge on any atom is 0.104 e. The first-order valence-corrected chi connectivity index (χ1v) is 4.89. The molecule has 0 heterocycles. The summed E-state index contributed by atoms with van der Waals surface area (Å²) in [6, 6.07) is 0. The third-order valence-corrected chi connectivity index (χ3v) is 1.59. The van der Waals surface area contributed by atoms with E-state index in [1.165, 1.54) is 6.42 Å². The fraction of sp³-hybridized carbons (Fsp3) is 0.900. The van der Waals surface area contributed by atoms with Crippen LogP contribution in [-0.4, -0.2) is 48.8 Å². The lowest BCUT2D eigenvalue weighted by molar-refractivity contribution is -0.893. The van der Waals surface area contributed by atoms with Crippen LogP contribution in [0.1, 0.15) is 27.2 Å². The van der Waals surface area contributed by atoms with E-state index in [9.17, 15) is 0 Å². The molecule has 0 aliphatic heterocycles. The first-order chi connectivity index (χ1) is 6.21. The van der Waals surface area contributed by atoms with Crippen LogP contribution in [0.4, 0.5) is 0 Å². The van der Waals surface area contributed by atoms with Gasteiger partial charge >= 0.3 is 0 Å². The van der Waals surface area contributed by atoms with E-state index in [0.29, 0.717) is 0 Å². The summed E-state index contributed by atoms with van der Waals surface area (Å²) >= 11 is 0. The SMILES string of the molecule is CC(=O)[O-].CCC[N+](C)(C)CC(C)O. The predicted octanol–water partition coefficient (Wildman–Crippen LogP) is -0.390. The highest BCUT2D eigenvalue weighted by Crippen LogP contribution is 2.00. The zero-order chi connectivity index (χ0) is 11.8. The second-order valence-corrected chi connectivity index (χ2v) is 4.18. The van der Waals surface area contributed by atoms with E-state index in [2.05, 4.69) is 21.0 Å². The van der Waals surface area contributed by atoms with E-state index in [4.69, 9.17) is 15.0 Å². The van der Waals surface area contributed by atoms with Gasteiger partial charge in [0.05, 0.1) is 20.6 Å². The Morgan fingerprint density at radius 2 is 1.86 bits per heavy atom. The van der Waals surface area contributed by atoms with Crippen LogP contribution in [0.2, 0.25) is 0 Å². The van der Waals surface area contributed by atoms with Crippen LogP contribution in [-0.2, 0) is 4.79 Å². The molecule has 1 unspecified atom stereocenters. The quantitative estimate of drug-likeness (QED) is 0.636. The molecule has 86 valence electrons. The van der Waals surface area contributed by atoms with Crippen molar-refractivity contribution in [3.8, 4) is 0 Å². The Balaban J connectivity index is 0. The molecule has 0 saturated carbocycles. The number of aliphatic carboxylic acids is 1. The molecule has 4 heteroatoms. The maximum absolute atomic E-state index is 9.10. The number of quaternary nitrogens is 1. The van der Waals surface area contributed by atoms with Crippen LogP contribution in [0, 0.1) is 0 Å². The molecule has 0 aromatic carbocycles. The summed E-state index contributed by atoms with van der Waals surface area (Å²) in [5, 5.41) is 18.0. The molecule has 0 fully saturated rings. The van der Waals surface area contributed by atoms with Gasteiger partial charge in [0.25, 0.3) is 0 Å². The summed E-state index contributed by atoms with van der Waals surface area (Å²) in [4.78, 5) is 8.89. The van der Waals surface area contributed by atoms with Gasteiger partial charge in [-0.15, -0.1) is 0 Å². The number of carbonyl (C=O) groups excluding carboxylic acids is 1. The first-order valence-electron chi connectivity index (χ1n) is 4.89. The standard InChI is InChI=1S/C8H20NO.C2H4O2/c1-5-6-9(3,4)7-8(2)10;1-2(3)4/h8,10H,5-7H2,1-4H3;1H3,(H,3,4)/q+1;/p-1. The van der Waals surface area contributed by atoms with Crippen molar-refractivity contribution < 1.29 is 19.5 Å². The monoisotopic (exact) mass is 205 g/mol. The number of likely N-dealkylation sites (N-methyl/N-ethyl adjacent to an activating group) is 1. The zero-order valence-electron chi connectivity index (χ0n) is 9.91. The lowest BCUT2D eigenvalue weighted by Gasteiger charge is -2.30. The van der Waals surface area contributed by atoms with Crippen molar-refractivity contribution in [2.75, 3.05) is 27.2 Å². The highest BCUT2D eigenvalue weighted by atomic mass is 16.4. The van der Waals surface area contributed by atoms with Gasteiger partial charge in [-0.05, 0) is 20.3 Å². The van der Waals surface area contributed by atoms with Crippen molar-refractivity contribution in [3.63, 3.8) is 0 Å². The predicted molar refractivity (Wildman–Crippen MR) is 54.5 cm³/mol. The molecule has 0 aliphatic rings. The van der Waals surface area contributed by atoms with Gasteiger partial charge in [0.15, 0.2) is 0 Å². The summed E-state index contributed by atoms with van der Waals surface area (Å²) in [6.07, 6.45) is 1.00. The minimum Gasteiger partial charge on any atom is -0.550 e. The third kappa shape index (κ3) is 17.5. The maximum atomic E-state index is 9.10. The molecule has 4 nitrogen and oxygen atoms in total. The molecule has 0 spiro atoms. The molecule has 0 rings (SSSR count). The number of nitrogens with zero attached hydrogens (tertiary/aromatic N) is 1. The van der Waals surface area contributed by atoms with E-state index in [1.54, 1.807) is 0 Å². The van der Waals surface area contributed by atoms with Gasteiger partial charge < -0.3 is 19.5 Å². The fourth-order valence-electron chi connectivity index (χ4n) is 1.41. The number of hydrogen-bond acceptors (Lipinski definition) is 3. The van der Waals surface area contributed by atoms with E-state index in [1.807, 2.05) is 6.92 Å². The molecule has 0 radical (unpaired) electrons. The Hall–Kier alpha value is -0.610. The van der Waals surface area contributed by atoms with Crippen molar-refractivity contribution in [1.29, 1.82) is 0 Å². The summed E-state index contributed by atoms with van der Waals surface area (Å²) in [6.45, 7) is 6.98. The highest BCUT2D eigenvalue weighted by Gasteiger charge is 2.15. The van der Waals surface area contributed by atoms with Crippen LogP contribution in [0.5, 0.6) is 0 Å². The number of rotatable bonds is 4. The van der Waals surface area contributed by atoms with Crippen molar-refractivity contribution in [2.24, 2.45) is 0 Å². The normalized spacial score (nSPS) is 12.7. The molecule has 0 amide bonds. The lowest BCUT2D eigenvalue weighted by Crippen LogP contribution is -2.44. The van der Waals surface area contributed by atoms with Gasteiger partial charge in [0, 0.05) is 5.97 Å². The average Bonchev–Trinajstić information content (AvgIpc) is 1.80. The number of carbonyl (C=O) groups is 1. The third-order valence-electron chi connectivity index (χ3n) is 1.59. The van der Waals surface area contributed by atoms with Crippen molar-refractivity contribution >= 4 is 5.97 Å². The van der Waals surface area contributed by atoms with E-state index < -0.39 is 5.97 Å². The van der Waals surface area contributed by atoms with Gasteiger partial charge in [-0.2, -0.15) is 0 Å². The van der Waals surface area contributed by atoms with Crippen LogP contribution in [0.3, 0.4) is 0 Å². The Kier molecular flexibility index (Phi) is 8.79. The molecule has 0 aliphatic carbocycles. The number of hydrogen-bond donors (Lipinski definition) is 1. The molecule has 0 aromatic heterocycles. The van der Waals surface area contributed by atoms with Crippen molar-refractivity contribution in [3.05, 3.63) is 0 Å². The van der Waals surface area contributed by atoms with Crippen LogP contribution < -0.4 is 5.11 Å². The summed E-state index contributed by atoms with van der Waals surface area (Å²) in [5.41, 5.74) is 0. The molecule has 0 aromatic rings. The Bertz CT molecular complexity index is 151. The van der Waals surface area contributed by atoms with Gasteiger partial charge in [-0.25, -0.2) is 0 Å². The molecular formula is C10H23NO3. The molecular weight excluding hydrogens is 182 g/mol. The van der Waals surface area contributed by atoms with Crippen LogP contribution >= 0.6 is 0 Å². The minimum atomic E-state index is -1.08. The van der Waals surface area contributed by atoms with E-state index in [0.717, 1.165) is 24.5 Å². The molecule has 14 heavy (non-hydrogen) atoms. The summed E-state index contributed by atoms with van der Waals surface area (Å²) in [7, 11) is 4.30. The molecule has 1 N–H and O–H groups in total. The number of carboxylic acid groups (broad SMARTS) is 1.